The van der Waals surface area contributed by atoms with Crippen LogP contribution in [-0.4, -0.2) is 21.1 Å². The summed E-state index contributed by atoms with van der Waals surface area (Å²) >= 11 is 0. The van der Waals surface area contributed by atoms with E-state index in [0.29, 0.717) is 33.8 Å². The van der Waals surface area contributed by atoms with Crippen molar-refractivity contribution in [2.75, 3.05) is 6.79 Å². The number of benzene rings is 1. The van der Waals surface area contributed by atoms with Crippen molar-refractivity contribution in [1.29, 1.82) is 0 Å². The maximum Gasteiger partial charge on any atom is 0.275 e. The van der Waals surface area contributed by atoms with Gasteiger partial charge in [-0.05, 0) is 19.1 Å². The lowest BCUT2D eigenvalue weighted by Gasteiger charge is -2.10. The lowest BCUT2D eigenvalue weighted by atomic mass is 10.2. The quantitative estimate of drug-likeness (QED) is 0.728. The summed E-state index contributed by atoms with van der Waals surface area (Å²) in [6.45, 7) is 1.92. The number of rotatable bonds is 1. The Kier molecular flexibility index (Phi) is 2.47. The standard InChI is InChI=1S/C15H13N3O4/c1-8-14-10(16-17(2)15(14)20)6-13(19)18(8)9-3-4-11-12(5-9)22-7-21-11/h3-6,16H,7H2,1-2H3. The highest BCUT2D eigenvalue weighted by atomic mass is 16.7. The third-order valence-corrected chi connectivity index (χ3v) is 3.88. The summed E-state index contributed by atoms with van der Waals surface area (Å²) in [5.41, 5.74) is 1.37. The van der Waals surface area contributed by atoms with E-state index in [2.05, 4.69) is 5.10 Å². The van der Waals surface area contributed by atoms with Gasteiger partial charge in [0.1, 0.15) is 0 Å². The Bertz CT molecular complexity index is 1030. The minimum Gasteiger partial charge on any atom is -0.454 e. The fourth-order valence-electron chi connectivity index (χ4n) is 2.83. The van der Waals surface area contributed by atoms with E-state index in [0.717, 1.165) is 0 Å². The lowest BCUT2D eigenvalue weighted by molar-refractivity contribution is 0.174. The largest absolute Gasteiger partial charge is 0.454 e. The van der Waals surface area contributed by atoms with Crippen LogP contribution in [0.1, 0.15) is 5.69 Å². The Balaban J connectivity index is 2.05. The van der Waals surface area contributed by atoms with Crippen molar-refractivity contribution >= 4 is 10.9 Å². The molecule has 0 atom stereocenters. The SMILES string of the molecule is Cc1c2c(=O)n(C)[nH]c2cc(=O)n1-c1ccc2c(c1)OCO2. The van der Waals surface area contributed by atoms with Gasteiger partial charge < -0.3 is 9.47 Å². The van der Waals surface area contributed by atoms with Crippen LogP contribution in [0.25, 0.3) is 16.6 Å². The molecule has 7 nitrogen and oxygen atoms in total. The smallest absolute Gasteiger partial charge is 0.275 e. The number of nitrogens with one attached hydrogen (secondary N) is 1. The number of hydrogen-bond acceptors (Lipinski definition) is 4. The van der Waals surface area contributed by atoms with Gasteiger partial charge in [0.05, 0.1) is 16.6 Å². The average Bonchev–Trinajstić information content (AvgIpc) is 3.04. The first-order chi connectivity index (χ1) is 10.6. The fourth-order valence-corrected chi connectivity index (χ4v) is 2.83. The number of aromatic amines is 1. The third kappa shape index (κ3) is 1.62. The van der Waals surface area contributed by atoms with Crippen LogP contribution in [0, 0.1) is 6.92 Å². The van der Waals surface area contributed by atoms with Gasteiger partial charge in [0.2, 0.25) is 6.79 Å². The van der Waals surface area contributed by atoms with Crippen molar-refractivity contribution in [2.45, 2.75) is 6.92 Å². The number of fused-ring (bicyclic) bond motifs is 2. The minimum atomic E-state index is -0.217. The van der Waals surface area contributed by atoms with E-state index < -0.39 is 0 Å². The molecule has 1 aromatic carbocycles. The summed E-state index contributed by atoms with van der Waals surface area (Å²) in [6, 6.07) is 6.68. The van der Waals surface area contributed by atoms with Gasteiger partial charge in [-0.2, -0.15) is 0 Å². The molecule has 1 N–H and O–H groups in total. The summed E-state index contributed by atoms with van der Waals surface area (Å²) in [5, 5.41) is 3.37. The summed E-state index contributed by atoms with van der Waals surface area (Å²) in [5.74, 6) is 1.24. The molecule has 1 aliphatic heterocycles. The third-order valence-electron chi connectivity index (χ3n) is 3.88. The van der Waals surface area contributed by atoms with Crippen LogP contribution >= 0.6 is 0 Å². The fraction of sp³-hybridized carbons (Fsp3) is 0.200. The Hall–Kier alpha value is -2.96. The van der Waals surface area contributed by atoms with Crippen molar-refractivity contribution in [3.63, 3.8) is 0 Å². The van der Waals surface area contributed by atoms with Crippen LogP contribution < -0.4 is 20.6 Å². The second-order valence-electron chi connectivity index (χ2n) is 5.21. The second-order valence-corrected chi connectivity index (χ2v) is 5.21. The van der Waals surface area contributed by atoms with E-state index in [4.69, 9.17) is 9.47 Å². The lowest BCUT2D eigenvalue weighted by Crippen LogP contribution is -2.21. The van der Waals surface area contributed by atoms with Crippen molar-refractivity contribution < 1.29 is 9.47 Å². The molecular formula is C15H13N3O4. The number of aromatic nitrogens is 3. The highest BCUT2D eigenvalue weighted by Gasteiger charge is 2.17. The van der Waals surface area contributed by atoms with E-state index in [-0.39, 0.29) is 17.9 Å². The molecule has 3 aromatic rings. The highest BCUT2D eigenvalue weighted by molar-refractivity contribution is 5.80. The highest BCUT2D eigenvalue weighted by Crippen LogP contribution is 2.33. The zero-order valence-corrected chi connectivity index (χ0v) is 12.0. The maximum absolute atomic E-state index is 12.4. The molecule has 3 heterocycles. The van der Waals surface area contributed by atoms with Crippen LogP contribution in [0.2, 0.25) is 0 Å². The molecule has 0 amide bonds. The first-order valence-electron chi connectivity index (χ1n) is 6.77. The first-order valence-corrected chi connectivity index (χ1v) is 6.77. The Morgan fingerprint density at radius 2 is 1.91 bits per heavy atom. The van der Waals surface area contributed by atoms with Gasteiger partial charge in [0, 0.05) is 24.9 Å². The molecule has 0 fully saturated rings. The summed E-state index contributed by atoms with van der Waals surface area (Å²) in [6.07, 6.45) is 0. The molecule has 0 radical (unpaired) electrons. The zero-order valence-electron chi connectivity index (χ0n) is 12.0. The van der Waals surface area contributed by atoms with Gasteiger partial charge in [-0.1, -0.05) is 0 Å². The monoisotopic (exact) mass is 299 g/mol. The molecule has 0 aliphatic carbocycles. The molecule has 0 saturated carbocycles. The average molecular weight is 299 g/mol. The van der Waals surface area contributed by atoms with Crippen molar-refractivity contribution in [2.24, 2.45) is 7.05 Å². The van der Waals surface area contributed by atoms with E-state index in [1.165, 1.54) is 15.3 Å². The van der Waals surface area contributed by atoms with Crippen LogP contribution in [-0.2, 0) is 7.05 Å². The topological polar surface area (TPSA) is 78.2 Å². The first kappa shape index (κ1) is 12.8. The molecule has 0 bridgehead atoms. The summed E-state index contributed by atoms with van der Waals surface area (Å²) in [4.78, 5) is 24.6. The van der Waals surface area contributed by atoms with Gasteiger partial charge in [-0.3, -0.25) is 23.9 Å². The zero-order chi connectivity index (χ0) is 15.4. The van der Waals surface area contributed by atoms with Gasteiger partial charge >= 0.3 is 0 Å². The summed E-state index contributed by atoms with van der Waals surface area (Å²) < 4.78 is 13.5. The molecule has 22 heavy (non-hydrogen) atoms. The Morgan fingerprint density at radius 1 is 1.14 bits per heavy atom. The van der Waals surface area contributed by atoms with Crippen LogP contribution in [0.4, 0.5) is 0 Å². The number of hydrogen-bond donors (Lipinski definition) is 1. The predicted octanol–water partition coefficient (Wildman–Crippen LogP) is 1.05. The molecule has 0 saturated heterocycles. The number of nitrogens with zero attached hydrogens (tertiary/aromatic N) is 2. The van der Waals surface area contributed by atoms with E-state index in [1.807, 2.05) is 0 Å². The van der Waals surface area contributed by atoms with Crippen LogP contribution in [0.15, 0.2) is 33.9 Å². The van der Waals surface area contributed by atoms with Crippen molar-refractivity contribution in [3.05, 3.63) is 50.7 Å². The second kappa shape index (κ2) is 4.27. The van der Waals surface area contributed by atoms with Crippen molar-refractivity contribution in [1.82, 2.24) is 14.3 Å². The number of pyridine rings is 1. The molecule has 4 rings (SSSR count). The molecule has 7 heteroatoms. The minimum absolute atomic E-state index is 0.165. The van der Waals surface area contributed by atoms with Gasteiger partial charge in [-0.25, -0.2) is 0 Å². The van der Waals surface area contributed by atoms with E-state index in [9.17, 15) is 9.59 Å². The normalized spacial score (nSPS) is 13.0. The Labute approximate surface area is 124 Å². The molecule has 0 unspecified atom stereocenters. The van der Waals surface area contributed by atoms with E-state index >= 15 is 0 Å². The molecule has 2 aromatic heterocycles. The predicted molar refractivity (Wildman–Crippen MR) is 80.0 cm³/mol. The van der Waals surface area contributed by atoms with Crippen LogP contribution in [0.5, 0.6) is 11.5 Å². The maximum atomic E-state index is 12.4. The van der Waals surface area contributed by atoms with E-state index in [1.54, 1.807) is 32.2 Å². The number of ether oxygens (including phenoxy) is 2. The molecule has 1 aliphatic rings. The molecule has 112 valence electrons. The molecular weight excluding hydrogens is 286 g/mol. The number of aryl methyl sites for hydroxylation is 2. The van der Waals surface area contributed by atoms with Gasteiger partial charge in [0.15, 0.2) is 11.5 Å². The van der Waals surface area contributed by atoms with Gasteiger partial charge in [-0.15, -0.1) is 0 Å². The summed E-state index contributed by atoms with van der Waals surface area (Å²) in [7, 11) is 1.62. The molecule has 0 spiro atoms. The van der Waals surface area contributed by atoms with Gasteiger partial charge in [0.25, 0.3) is 11.1 Å². The van der Waals surface area contributed by atoms with Crippen molar-refractivity contribution in [3.8, 4) is 17.2 Å². The van der Waals surface area contributed by atoms with Crippen LogP contribution in [0.3, 0.4) is 0 Å². The Morgan fingerprint density at radius 3 is 2.73 bits per heavy atom. The number of H-pyrrole nitrogens is 1.